The molecule has 1 aromatic rings. The number of likely N-dealkylation sites (tertiary alicyclic amines) is 1. The average Bonchev–Trinajstić information content (AvgIpc) is 2.73. The molecule has 2 aliphatic heterocycles. The predicted molar refractivity (Wildman–Crippen MR) is 113 cm³/mol. The Kier molecular flexibility index (Phi) is 7.71. The Balaban J connectivity index is 1.45. The maximum atomic E-state index is 12.4. The summed E-state index contributed by atoms with van der Waals surface area (Å²) in [6.45, 7) is 5.36. The molecule has 28 heavy (non-hydrogen) atoms. The number of rotatable bonds is 7. The van der Waals surface area contributed by atoms with Crippen molar-refractivity contribution in [1.29, 1.82) is 0 Å². The Morgan fingerprint density at radius 2 is 1.96 bits per heavy atom. The van der Waals surface area contributed by atoms with Crippen LogP contribution in [0.4, 0.5) is 11.4 Å². The Morgan fingerprint density at radius 1 is 1.25 bits per heavy atom. The van der Waals surface area contributed by atoms with E-state index in [0.29, 0.717) is 12.6 Å². The lowest BCUT2D eigenvalue weighted by molar-refractivity contribution is -0.130. The molecule has 0 radical (unpaired) electrons. The van der Waals surface area contributed by atoms with Crippen molar-refractivity contribution in [2.45, 2.75) is 57.3 Å². The molecule has 6 heteroatoms. The van der Waals surface area contributed by atoms with Crippen molar-refractivity contribution in [2.75, 3.05) is 50.6 Å². The van der Waals surface area contributed by atoms with Gasteiger partial charge in [-0.25, -0.2) is 0 Å². The molecule has 1 aromatic carbocycles. The molecule has 6 nitrogen and oxygen atoms in total. The first kappa shape index (κ1) is 21.1. The second kappa shape index (κ2) is 10.2. The van der Waals surface area contributed by atoms with E-state index in [0.717, 1.165) is 38.2 Å². The molecule has 2 atom stereocenters. The fraction of sp³-hybridized carbons (Fsp3) is 0.682. The number of ether oxygens (including phenoxy) is 2. The summed E-state index contributed by atoms with van der Waals surface area (Å²) in [6.07, 6.45) is 5.31. The number of hydrogen-bond acceptors (Lipinski definition) is 5. The summed E-state index contributed by atoms with van der Waals surface area (Å²) >= 11 is 0. The van der Waals surface area contributed by atoms with Crippen molar-refractivity contribution in [3.8, 4) is 0 Å². The van der Waals surface area contributed by atoms with Gasteiger partial charge in [0.05, 0.1) is 12.7 Å². The van der Waals surface area contributed by atoms with Crippen molar-refractivity contribution in [1.82, 2.24) is 4.90 Å². The first-order chi connectivity index (χ1) is 13.5. The van der Waals surface area contributed by atoms with Crippen LogP contribution >= 0.6 is 0 Å². The second-order valence-electron chi connectivity index (χ2n) is 8.15. The molecular weight excluding hydrogens is 354 g/mol. The van der Waals surface area contributed by atoms with Crippen LogP contribution in [0.25, 0.3) is 0 Å². The highest BCUT2D eigenvalue weighted by molar-refractivity contribution is 5.94. The number of anilines is 2. The summed E-state index contributed by atoms with van der Waals surface area (Å²) in [5, 5.41) is 2.95. The normalized spacial score (nSPS) is 22.6. The van der Waals surface area contributed by atoms with Gasteiger partial charge in [-0.3, -0.25) is 4.79 Å². The third kappa shape index (κ3) is 5.93. The first-order valence-electron chi connectivity index (χ1n) is 10.6. The third-order valence-corrected chi connectivity index (χ3v) is 5.95. The topological polar surface area (TPSA) is 54.0 Å². The van der Waals surface area contributed by atoms with E-state index in [1.54, 1.807) is 6.92 Å². The van der Waals surface area contributed by atoms with E-state index >= 15 is 0 Å². The maximum absolute atomic E-state index is 12.4. The minimum absolute atomic E-state index is 0.118. The van der Waals surface area contributed by atoms with Gasteiger partial charge in [0, 0.05) is 31.1 Å². The van der Waals surface area contributed by atoms with Gasteiger partial charge in [0.25, 0.3) is 5.91 Å². The van der Waals surface area contributed by atoms with Gasteiger partial charge < -0.3 is 24.6 Å². The van der Waals surface area contributed by atoms with Crippen LogP contribution in [0.3, 0.4) is 0 Å². The summed E-state index contributed by atoms with van der Waals surface area (Å²) < 4.78 is 11.4. The summed E-state index contributed by atoms with van der Waals surface area (Å²) in [7, 11) is 4.34. The monoisotopic (exact) mass is 389 g/mol. The van der Waals surface area contributed by atoms with Crippen molar-refractivity contribution < 1.29 is 14.3 Å². The predicted octanol–water partition coefficient (Wildman–Crippen LogP) is 3.13. The van der Waals surface area contributed by atoms with Crippen LogP contribution in [0.5, 0.6) is 0 Å². The number of nitrogens with zero attached hydrogens (tertiary/aromatic N) is 2. The quantitative estimate of drug-likeness (QED) is 0.776. The number of hydrogen-bond donors (Lipinski definition) is 1. The zero-order valence-corrected chi connectivity index (χ0v) is 17.5. The lowest BCUT2D eigenvalue weighted by atomic mass is 10.0. The summed E-state index contributed by atoms with van der Waals surface area (Å²) in [5.74, 6) is -0.118. The van der Waals surface area contributed by atoms with Gasteiger partial charge in [-0.1, -0.05) is 0 Å². The number of nitrogens with one attached hydrogen (secondary N) is 1. The maximum Gasteiger partial charge on any atom is 0.253 e. The van der Waals surface area contributed by atoms with E-state index in [9.17, 15) is 4.79 Å². The Hall–Kier alpha value is -1.63. The molecule has 2 heterocycles. The van der Waals surface area contributed by atoms with Crippen molar-refractivity contribution in [3.05, 3.63) is 24.3 Å². The SMILES string of the molecule is CC(OCC1CCCCO1)C(=O)Nc1ccc(N(C)C2CCN(C)CC2)cc1. The highest BCUT2D eigenvalue weighted by atomic mass is 16.5. The minimum Gasteiger partial charge on any atom is -0.376 e. The second-order valence-corrected chi connectivity index (χ2v) is 8.15. The number of piperidine rings is 1. The summed E-state index contributed by atoms with van der Waals surface area (Å²) in [5.41, 5.74) is 1.99. The van der Waals surface area contributed by atoms with E-state index in [4.69, 9.17) is 9.47 Å². The number of amides is 1. The molecule has 3 rings (SSSR count). The molecule has 0 spiro atoms. The third-order valence-electron chi connectivity index (χ3n) is 5.95. The van der Waals surface area contributed by atoms with Crippen LogP contribution in [-0.2, 0) is 14.3 Å². The molecule has 2 fully saturated rings. The molecule has 1 N–H and O–H groups in total. The Morgan fingerprint density at radius 3 is 2.61 bits per heavy atom. The lowest BCUT2D eigenvalue weighted by Gasteiger charge is -2.36. The zero-order valence-electron chi connectivity index (χ0n) is 17.5. The summed E-state index contributed by atoms with van der Waals surface area (Å²) in [4.78, 5) is 17.1. The van der Waals surface area contributed by atoms with Crippen LogP contribution < -0.4 is 10.2 Å². The van der Waals surface area contributed by atoms with Crippen LogP contribution in [-0.4, -0.2) is 69.5 Å². The average molecular weight is 390 g/mol. The zero-order chi connectivity index (χ0) is 19.9. The lowest BCUT2D eigenvalue weighted by Crippen LogP contribution is -2.41. The van der Waals surface area contributed by atoms with Crippen molar-refractivity contribution in [2.24, 2.45) is 0 Å². The van der Waals surface area contributed by atoms with Gasteiger partial charge in [-0.05, 0) is 83.4 Å². The van der Waals surface area contributed by atoms with Gasteiger partial charge in [0.1, 0.15) is 6.10 Å². The van der Waals surface area contributed by atoms with E-state index in [1.165, 1.54) is 24.9 Å². The van der Waals surface area contributed by atoms with Crippen LogP contribution in [0.2, 0.25) is 0 Å². The first-order valence-corrected chi connectivity index (χ1v) is 10.6. The van der Waals surface area contributed by atoms with E-state index in [-0.39, 0.29) is 12.0 Å². The molecule has 0 aromatic heterocycles. The molecule has 2 unspecified atom stereocenters. The van der Waals surface area contributed by atoms with E-state index in [2.05, 4.69) is 41.3 Å². The van der Waals surface area contributed by atoms with Gasteiger partial charge >= 0.3 is 0 Å². The fourth-order valence-electron chi connectivity index (χ4n) is 3.88. The molecule has 2 aliphatic rings. The highest BCUT2D eigenvalue weighted by Crippen LogP contribution is 2.23. The van der Waals surface area contributed by atoms with Crippen LogP contribution in [0.15, 0.2) is 24.3 Å². The standard InChI is InChI=1S/C22H35N3O3/c1-17(28-16-21-6-4-5-15-27-21)22(26)23-18-7-9-19(10-8-18)25(3)20-11-13-24(2)14-12-20/h7-10,17,20-21H,4-6,11-16H2,1-3H3,(H,23,26). The molecule has 0 aliphatic carbocycles. The molecule has 2 saturated heterocycles. The fourth-order valence-corrected chi connectivity index (χ4v) is 3.88. The highest BCUT2D eigenvalue weighted by Gasteiger charge is 2.21. The van der Waals surface area contributed by atoms with Crippen molar-refractivity contribution >= 4 is 17.3 Å². The largest absolute Gasteiger partial charge is 0.376 e. The summed E-state index contributed by atoms with van der Waals surface area (Å²) in [6, 6.07) is 8.67. The molecule has 0 bridgehead atoms. The molecule has 0 saturated carbocycles. The number of carbonyl (C=O) groups is 1. The molecular formula is C22H35N3O3. The number of benzene rings is 1. The van der Waals surface area contributed by atoms with E-state index in [1.807, 2.05) is 12.1 Å². The van der Waals surface area contributed by atoms with Gasteiger partial charge in [-0.2, -0.15) is 0 Å². The van der Waals surface area contributed by atoms with Crippen molar-refractivity contribution in [3.63, 3.8) is 0 Å². The Bertz CT molecular complexity index is 608. The molecule has 156 valence electrons. The van der Waals surface area contributed by atoms with Gasteiger partial charge in [-0.15, -0.1) is 0 Å². The van der Waals surface area contributed by atoms with Crippen LogP contribution in [0, 0.1) is 0 Å². The number of carbonyl (C=O) groups excluding carboxylic acids is 1. The van der Waals surface area contributed by atoms with Crippen LogP contribution in [0.1, 0.15) is 39.0 Å². The van der Waals surface area contributed by atoms with Gasteiger partial charge in [0.15, 0.2) is 0 Å². The minimum atomic E-state index is -0.493. The van der Waals surface area contributed by atoms with E-state index < -0.39 is 6.10 Å². The molecule has 1 amide bonds. The smallest absolute Gasteiger partial charge is 0.253 e. The van der Waals surface area contributed by atoms with Gasteiger partial charge in [0.2, 0.25) is 0 Å². The Labute approximate surface area is 169 Å².